The van der Waals surface area contributed by atoms with Gasteiger partial charge in [0.1, 0.15) is 12.2 Å². The van der Waals surface area contributed by atoms with Crippen molar-refractivity contribution in [2.45, 2.75) is 63.1 Å². The molecule has 4 aliphatic rings. The van der Waals surface area contributed by atoms with Gasteiger partial charge in [-0.1, -0.05) is 0 Å². The molecule has 0 aromatic carbocycles. The Labute approximate surface area is 143 Å². The Morgan fingerprint density at radius 2 is 1.84 bits per heavy atom. The molecular weight excluding hydrogens is 368 g/mol. The van der Waals surface area contributed by atoms with E-state index in [1.54, 1.807) is 0 Å². The summed E-state index contributed by atoms with van der Waals surface area (Å²) in [5, 5.41) is 0. The van der Waals surface area contributed by atoms with Crippen molar-refractivity contribution in [2.24, 2.45) is 17.8 Å². The van der Waals surface area contributed by atoms with Gasteiger partial charge >= 0.3 is 17.8 Å². The van der Waals surface area contributed by atoms with Gasteiger partial charge in [0, 0.05) is 13.3 Å². The van der Waals surface area contributed by atoms with Gasteiger partial charge in [-0.25, -0.2) is 8.78 Å². The molecule has 2 saturated heterocycles. The molecule has 4 rings (SSSR count). The topological polar surface area (TPSA) is 69.7 Å². The smallest absolute Gasteiger partial charge is 0.311 e. The molecule has 25 heavy (non-hydrogen) atoms. The van der Waals surface area contributed by atoms with Crippen LogP contribution in [0.15, 0.2) is 0 Å². The van der Waals surface area contributed by atoms with Crippen LogP contribution in [0.1, 0.15) is 39.0 Å². The quantitative estimate of drug-likeness (QED) is 0.398. The predicted octanol–water partition coefficient (Wildman–Crippen LogP) is 2.74. The molecule has 0 radical (unpaired) electrons. The molecule has 5 unspecified atom stereocenters. The Kier molecular flexibility index (Phi) is 4.59. The van der Waals surface area contributed by atoms with Crippen LogP contribution < -0.4 is 0 Å². The number of rotatable bonds is 6. The van der Waals surface area contributed by atoms with Crippen LogP contribution in [-0.4, -0.2) is 44.2 Å². The van der Waals surface area contributed by atoms with Gasteiger partial charge in [0.2, 0.25) is 0 Å². The SMILES string of the molecule is CC(F)(F)C(F)(F)CCS(=O)(=O)OC1C2CC3CC(C2)C(=O)OC1C3. The van der Waals surface area contributed by atoms with Gasteiger partial charge in [-0.3, -0.25) is 8.98 Å². The molecule has 5 atom stereocenters. The van der Waals surface area contributed by atoms with Crippen LogP contribution in [0.3, 0.4) is 0 Å². The summed E-state index contributed by atoms with van der Waals surface area (Å²) in [5.41, 5.74) is 0. The van der Waals surface area contributed by atoms with Gasteiger partial charge < -0.3 is 4.74 Å². The summed E-state index contributed by atoms with van der Waals surface area (Å²) >= 11 is 0. The average molecular weight is 388 g/mol. The van der Waals surface area contributed by atoms with Crippen molar-refractivity contribution >= 4 is 16.1 Å². The van der Waals surface area contributed by atoms with E-state index in [1.165, 1.54) is 0 Å². The Morgan fingerprint density at radius 1 is 1.16 bits per heavy atom. The van der Waals surface area contributed by atoms with Crippen LogP contribution in [0.5, 0.6) is 0 Å². The van der Waals surface area contributed by atoms with Crippen molar-refractivity contribution in [3.05, 3.63) is 0 Å². The third-order valence-corrected chi connectivity index (χ3v) is 6.62. The fourth-order valence-corrected chi connectivity index (χ4v) is 5.32. The molecule has 2 saturated carbocycles. The Hall–Kier alpha value is -0.900. The van der Waals surface area contributed by atoms with E-state index in [0.717, 1.165) is 0 Å². The lowest BCUT2D eigenvalue weighted by atomic mass is 9.67. The first-order valence-corrected chi connectivity index (χ1v) is 9.83. The van der Waals surface area contributed by atoms with E-state index in [9.17, 15) is 30.8 Å². The van der Waals surface area contributed by atoms with Crippen molar-refractivity contribution in [2.75, 3.05) is 5.75 Å². The molecule has 4 fully saturated rings. The molecule has 0 amide bonds. The molecule has 5 nitrogen and oxygen atoms in total. The Balaban J connectivity index is 1.68. The van der Waals surface area contributed by atoms with Crippen LogP contribution in [0.2, 0.25) is 0 Å². The van der Waals surface area contributed by atoms with Crippen LogP contribution in [0.4, 0.5) is 17.6 Å². The van der Waals surface area contributed by atoms with Gasteiger partial charge in [0.05, 0.1) is 11.7 Å². The molecule has 2 aliphatic heterocycles. The van der Waals surface area contributed by atoms with Crippen LogP contribution in [-0.2, 0) is 23.8 Å². The standard InChI is InChI=1S/C15H20F4O5S/c1-14(16,17)15(18,19)2-3-25(21,22)24-12-9-4-8-5-10(7-9)13(20)23-11(12)6-8/h8-12H,2-7H2,1H3. The first-order valence-electron chi connectivity index (χ1n) is 8.25. The third kappa shape index (κ3) is 3.79. The summed E-state index contributed by atoms with van der Waals surface area (Å²) in [6.45, 7) is 0.0436. The summed E-state index contributed by atoms with van der Waals surface area (Å²) in [6.07, 6.45) is -0.878. The number of halogens is 4. The summed E-state index contributed by atoms with van der Waals surface area (Å²) in [7, 11) is -4.46. The molecule has 0 N–H and O–H groups in total. The number of alkyl halides is 4. The predicted molar refractivity (Wildman–Crippen MR) is 77.7 cm³/mol. The summed E-state index contributed by atoms with van der Waals surface area (Å²) < 4.78 is 86.7. The maximum atomic E-state index is 13.3. The zero-order valence-corrected chi connectivity index (χ0v) is 14.4. The normalized spacial score (nSPS) is 35.6. The molecule has 0 aromatic heterocycles. The van der Waals surface area contributed by atoms with E-state index in [-0.39, 0.29) is 30.6 Å². The third-order valence-electron chi connectivity index (χ3n) is 5.40. The minimum Gasteiger partial charge on any atom is -0.459 e. The maximum Gasteiger partial charge on any atom is 0.311 e. The molecule has 144 valence electrons. The molecule has 2 aliphatic carbocycles. The number of carbonyl (C=O) groups excluding carboxylic acids is 1. The number of hydrogen-bond acceptors (Lipinski definition) is 5. The van der Waals surface area contributed by atoms with Crippen LogP contribution in [0, 0.1) is 17.8 Å². The second kappa shape index (κ2) is 6.07. The molecule has 2 heterocycles. The van der Waals surface area contributed by atoms with E-state index >= 15 is 0 Å². The van der Waals surface area contributed by atoms with Crippen molar-refractivity contribution < 1.29 is 39.7 Å². The fraction of sp³-hybridized carbons (Fsp3) is 0.933. The maximum absolute atomic E-state index is 13.3. The summed E-state index contributed by atoms with van der Waals surface area (Å²) in [4.78, 5) is 11.9. The molecule has 0 spiro atoms. The van der Waals surface area contributed by atoms with Gasteiger partial charge in [-0.05, 0) is 37.5 Å². The van der Waals surface area contributed by atoms with Gasteiger partial charge in [0.25, 0.3) is 10.1 Å². The van der Waals surface area contributed by atoms with Gasteiger partial charge in [-0.2, -0.15) is 17.2 Å². The lowest BCUT2D eigenvalue weighted by molar-refractivity contribution is -0.198. The van der Waals surface area contributed by atoms with Crippen LogP contribution >= 0.6 is 0 Å². The highest BCUT2D eigenvalue weighted by molar-refractivity contribution is 7.86. The lowest BCUT2D eigenvalue weighted by Gasteiger charge is -2.41. The minimum atomic E-state index is -4.46. The Morgan fingerprint density at radius 3 is 2.48 bits per heavy atom. The second-order valence-electron chi connectivity index (χ2n) is 7.41. The van der Waals surface area contributed by atoms with E-state index in [1.807, 2.05) is 0 Å². The van der Waals surface area contributed by atoms with Crippen molar-refractivity contribution in [3.8, 4) is 0 Å². The van der Waals surface area contributed by atoms with Crippen LogP contribution in [0.25, 0.3) is 0 Å². The fourth-order valence-electron chi connectivity index (χ4n) is 4.10. The number of fused-ring (bicyclic) bond motifs is 1. The number of hydrogen-bond donors (Lipinski definition) is 0. The first kappa shape index (κ1) is 18.9. The Bertz CT molecular complexity index is 645. The van der Waals surface area contributed by atoms with E-state index < -0.39 is 46.3 Å². The molecule has 10 heteroatoms. The highest BCUT2D eigenvalue weighted by Crippen LogP contribution is 2.48. The summed E-state index contributed by atoms with van der Waals surface area (Å²) in [6, 6.07) is 0. The van der Waals surface area contributed by atoms with Gasteiger partial charge in [-0.15, -0.1) is 0 Å². The van der Waals surface area contributed by atoms with E-state index in [0.29, 0.717) is 25.7 Å². The molecule has 4 bridgehead atoms. The van der Waals surface area contributed by atoms with Gasteiger partial charge in [0.15, 0.2) is 0 Å². The van der Waals surface area contributed by atoms with Crippen molar-refractivity contribution in [1.29, 1.82) is 0 Å². The largest absolute Gasteiger partial charge is 0.459 e. The zero-order valence-electron chi connectivity index (χ0n) is 13.6. The van der Waals surface area contributed by atoms with E-state index in [4.69, 9.17) is 8.92 Å². The second-order valence-corrected chi connectivity index (χ2v) is 9.12. The van der Waals surface area contributed by atoms with Crippen molar-refractivity contribution in [1.82, 2.24) is 0 Å². The lowest BCUT2D eigenvalue weighted by Crippen LogP contribution is -2.46. The monoisotopic (exact) mass is 388 g/mol. The number of ether oxygens (including phenoxy) is 1. The molecule has 0 aromatic rings. The number of carbonyl (C=O) groups is 1. The zero-order chi connectivity index (χ0) is 18.6. The average Bonchev–Trinajstić information content (AvgIpc) is 2.62. The summed E-state index contributed by atoms with van der Waals surface area (Å²) in [5.74, 6) is -10.6. The highest BCUT2D eigenvalue weighted by atomic mass is 32.2. The number of esters is 1. The first-order chi connectivity index (χ1) is 11.4. The molecular formula is C15H20F4O5S. The van der Waals surface area contributed by atoms with Crippen molar-refractivity contribution in [3.63, 3.8) is 0 Å². The highest BCUT2D eigenvalue weighted by Gasteiger charge is 2.54. The van der Waals surface area contributed by atoms with E-state index in [2.05, 4.69) is 0 Å². The minimum absolute atomic E-state index is 0.0436.